The summed E-state index contributed by atoms with van der Waals surface area (Å²) in [6.07, 6.45) is 8.74. The summed E-state index contributed by atoms with van der Waals surface area (Å²) in [6.45, 7) is 4.42. The Balaban J connectivity index is 2.02. The number of benzene rings is 1. The molecule has 0 aromatic heterocycles. The van der Waals surface area contributed by atoms with Crippen LogP contribution in [0.4, 0.5) is 0 Å². The zero-order chi connectivity index (χ0) is 13.7. The maximum atomic E-state index is 10.6. The number of aliphatic hydroxyl groups excluding tert-OH is 1. The van der Waals surface area contributed by atoms with Crippen molar-refractivity contribution >= 4 is 0 Å². The van der Waals surface area contributed by atoms with Crippen LogP contribution in [-0.2, 0) is 0 Å². The first kappa shape index (κ1) is 14.6. The van der Waals surface area contributed by atoms with Crippen LogP contribution in [0.25, 0.3) is 0 Å². The highest BCUT2D eigenvalue weighted by atomic mass is 16.3. The standard InChI is InChI=1S/C18H28O/c1-14(2)15-10-12-17(13-11-15)18(19)16-8-6-4-3-5-7-9-16/h10-14,16,18-19H,3-9H2,1-2H3. The quantitative estimate of drug-likeness (QED) is 0.791. The van der Waals surface area contributed by atoms with Crippen LogP contribution in [0.1, 0.15) is 81.9 Å². The summed E-state index contributed by atoms with van der Waals surface area (Å²) in [6, 6.07) is 8.59. The lowest BCUT2D eigenvalue weighted by atomic mass is 9.84. The first-order chi connectivity index (χ1) is 9.18. The molecule has 1 aromatic carbocycles. The SMILES string of the molecule is CC(C)c1ccc(C(O)C2CCCCCCC2)cc1. The Kier molecular flexibility index (Phi) is 5.45. The summed E-state index contributed by atoms with van der Waals surface area (Å²) in [5.41, 5.74) is 2.46. The molecule has 0 saturated heterocycles. The van der Waals surface area contributed by atoms with Crippen molar-refractivity contribution in [2.75, 3.05) is 0 Å². The van der Waals surface area contributed by atoms with E-state index < -0.39 is 0 Å². The molecular weight excluding hydrogens is 232 g/mol. The molecule has 1 aliphatic rings. The van der Waals surface area contributed by atoms with E-state index in [1.807, 2.05) is 0 Å². The molecule has 1 saturated carbocycles. The van der Waals surface area contributed by atoms with Gasteiger partial charge in [-0.25, -0.2) is 0 Å². The van der Waals surface area contributed by atoms with E-state index in [0.717, 1.165) is 5.56 Å². The zero-order valence-electron chi connectivity index (χ0n) is 12.4. The minimum absolute atomic E-state index is 0.265. The maximum absolute atomic E-state index is 10.6. The molecule has 1 heteroatoms. The van der Waals surface area contributed by atoms with Gasteiger partial charge in [-0.3, -0.25) is 0 Å². The monoisotopic (exact) mass is 260 g/mol. The van der Waals surface area contributed by atoms with Crippen molar-refractivity contribution in [1.82, 2.24) is 0 Å². The van der Waals surface area contributed by atoms with Gasteiger partial charge in [0.15, 0.2) is 0 Å². The lowest BCUT2D eigenvalue weighted by Gasteiger charge is -2.25. The third-order valence-electron chi connectivity index (χ3n) is 4.54. The van der Waals surface area contributed by atoms with Gasteiger partial charge >= 0.3 is 0 Å². The first-order valence-electron chi connectivity index (χ1n) is 7.96. The highest BCUT2D eigenvalue weighted by Gasteiger charge is 2.21. The summed E-state index contributed by atoms with van der Waals surface area (Å²) in [5.74, 6) is 1.03. The Morgan fingerprint density at radius 3 is 1.84 bits per heavy atom. The molecule has 0 spiro atoms. The first-order valence-corrected chi connectivity index (χ1v) is 7.96. The van der Waals surface area contributed by atoms with E-state index in [2.05, 4.69) is 38.1 Å². The predicted octanol–water partition coefficient (Wildman–Crippen LogP) is 5.20. The topological polar surface area (TPSA) is 20.2 Å². The van der Waals surface area contributed by atoms with E-state index >= 15 is 0 Å². The van der Waals surface area contributed by atoms with Gasteiger partial charge in [-0.05, 0) is 35.8 Å². The summed E-state index contributed by atoms with van der Waals surface area (Å²) < 4.78 is 0. The molecule has 1 N–H and O–H groups in total. The number of rotatable bonds is 3. The predicted molar refractivity (Wildman–Crippen MR) is 81.3 cm³/mol. The third-order valence-corrected chi connectivity index (χ3v) is 4.54. The van der Waals surface area contributed by atoms with Gasteiger partial charge in [-0.1, -0.05) is 70.2 Å². The van der Waals surface area contributed by atoms with Gasteiger partial charge in [0.2, 0.25) is 0 Å². The van der Waals surface area contributed by atoms with E-state index in [1.165, 1.54) is 50.5 Å². The van der Waals surface area contributed by atoms with Gasteiger partial charge in [0, 0.05) is 0 Å². The molecule has 0 heterocycles. The molecule has 0 radical (unpaired) electrons. The van der Waals surface area contributed by atoms with Crippen LogP contribution in [0, 0.1) is 5.92 Å². The van der Waals surface area contributed by atoms with Crippen molar-refractivity contribution in [2.45, 2.75) is 70.8 Å². The molecule has 0 amide bonds. The van der Waals surface area contributed by atoms with Crippen LogP contribution in [0.15, 0.2) is 24.3 Å². The molecule has 0 bridgehead atoms. The van der Waals surface area contributed by atoms with Crippen molar-refractivity contribution in [3.63, 3.8) is 0 Å². The Morgan fingerprint density at radius 1 is 0.842 bits per heavy atom. The molecular formula is C18H28O. The van der Waals surface area contributed by atoms with E-state index in [0.29, 0.717) is 11.8 Å². The van der Waals surface area contributed by atoms with Crippen molar-refractivity contribution in [3.05, 3.63) is 35.4 Å². The summed E-state index contributed by atoms with van der Waals surface area (Å²) in [4.78, 5) is 0. The molecule has 0 aliphatic heterocycles. The Labute approximate surface area is 118 Å². The smallest absolute Gasteiger partial charge is 0.0818 e. The van der Waals surface area contributed by atoms with Crippen LogP contribution in [-0.4, -0.2) is 5.11 Å². The Hall–Kier alpha value is -0.820. The van der Waals surface area contributed by atoms with Crippen molar-refractivity contribution in [1.29, 1.82) is 0 Å². The van der Waals surface area contributed by atoms with Gasteiger partial charge in [0.05, 0.1) is 6.10 Å². The van der Waals surface area contributed by atoms with Gasteiger partial charge in [0.25, 0.3) is 0 Å². The molecule has 1 nitrogen and oxygen atoms in total. The fraction of sp³-hybridized carbons (Fsp3) is 0.667. The third kappa shape index (κ3) is 4.07. The molecule has 1 unspecified atom stereocenters. The number of aliphatic hydroxyl groups is 1. The van der Waals surface area contributed by atoms with Crippen molar-refractivity contribution in [3.8, 4) is 0 Å². The second kappa shape index (κ2) is 7.09. The van der Waals surface area contributed by atoms with Crippen LogP contribution >= 0.6 is 0 Å². The highest BCUT2D eigenvalue weighted by Crippen LogP contribution is 2.33. The number of hydrogen-bond donors (Lipinski definition) is 1. The molecule has 2 rings (SSSR count). The van der Waals surface area contributed by atoms with Crippen molar-refractivity contribution < 1.29 is 5.11 Å². The van der Waals surface area contributed by atoms with Crippen LogP contribution < -0.4 is 0 Å². The van der Waals surface area contributed by atoms with E-state index in [4.69, 9.17) is 0 Å². The molecule has 1 atom stereocenters. The minimum atomic E-state index is -0.265. The van der Waals surface area contributed by atoms with Crippen molar-refractivity contribution in [2.24, 2.45) is 5.92 Å². The number of hydrogen-bond acceptors (Lipinski definition) is 1. The Morgan fingerprint density at radius 2 is 1.32 bits per heavy atom. The summed E-state index contributed by atoms with van der Waals surface area (Å²) in [5, 5.41) is 10.6. The molecule has 106 valence electrons. The molecule has 1 aromatic rings. The fourth-order valence-corrected chi connectivity index (χ4v) is 3.15. The summed E-state index contributed by atoms with van der Waals surface area (Å²) in [7, 11) is 0. The average Bonchev–Trinajstić information content (AvgIpc) is 2.38. The van der Waals surface area contributed by atoms with Crippen LogP contribution in [0.2, 0.25) is 0 Å². The second-order valence-electron chi connectivity index (χ2n) is 6.37. The van der Waals surface area contributed by atoms with E-state index in [1.54, 1.807) is 0 Å². The van der Waals surface area contributed by atoms with Gasteiger partial charge < -0.3 is 5.11 Å². The van der Waals surface area contributed by atoms with Crippen LogP contribution in [0.5, 0.6) is 0 Å². The van der Waals surface area contributed by atoms with E-state index in [9.17, 15) is 5.11 Å². The zero-order valence-corrected chi connectivity index (χ0v) is 12.4. The van der Waals surface area contributed by atoms with Gasteiger partial charge in [0.1, 0.15) is 0 Å². The molecule has 1 fully saturated rings. The molecule has 19 heavy (non-hydrogen) atoms. The second-order valence-corrected chi connectivity index (χ2v) is 6.37. The normalized spacial score (nSPS) is 20.0. The lowest BCUT2D eigenvalue weighted by molar-refractivity contribution is 0.0912. The largest absolute Gasteiger partial charge is 0.388 e. The van der Waals surface area contributed by atoms with Crippen LogP contribution in [0.3, 0.4) is 0 Å². The van der Waals surface area contributed by atoms with Gasteiger partial charge in [-0.2, -0.15) is 0 Å². The average molecular weight is 260 g/mol. The maximum Gasteiger partial charge on any atom is 0.0818 e. The Bertz CT molecular complexity index is 358. The lowest BCUT2D eigenvalue weighted by Crippen LogP contribution is -2.14. The van der Waals surface area contributed by atoms with E-state index in [-0.39, 0.29) is 6.10 Å². The fourth-order valence-electron chi connectivity index (χ4n) is 3.15. The van der Waals surface area contributed by atoms with Gasteiger partial charge in [-0.15, -0.1) is 0 Å². The summed E-state index contributed by atoms with van der Waals surface area (Å²) >= 11 is 0. The molecule has 1 aliphatic carbocycles. The highest BCUT2D eigenvalue weighted by molar-refractivity contribution is 5.26. The minimum Gasteiger partial charge on any atom is -0.388 e.